The van der Waals surface area contributed by atoms with Gasteiger partial charge >= 0.3 is 5.97 Å². The summed E-state index contributed by atoms with van der Waals surface area (Å²) in [6, 6.07) is 0. The van der Waals surface area contributed by atoms with E-state index in [1.807, 2.05) is 6.08 Å². The molecule has 2 saturated carbocycles. The maximum Gasteiger partial charge on any atom is 0.306 e. The summed E-state index contributed by atoms with van der Waals surface area (Å²) in [5, 5.41) is 9.11. The summed E-state index contributed by atoms with van der Waals surface area (Å²) in [6.45, 7) is 8.05. The van der Waals surface area contributed by atoms with Gasteiger partial charge in [-0.3, -0.25) is 4.79 Å². The Balaban J connectivity index is 2.14. The summed E-state index contributed by atoms with van der Waals surface area (Å²) in [7, 11) is 0. The third-order valence-electron chi connectivity index (χ3n) is 4.42. The zero-order valence-corrected chi connectivity index (χ0v) is 9.69. The first-order valence-electron chi connectivity index (χ1n) is 6.16. The quantitative estimate of drug-likeness (QED) is 0.725. The molecular formula is C14H20O2. The minimum atomic E-state index is -0.627. The Morgan fingerprint density at radius 2 is 2.12 bits per heavy atom. The van der Waals surface area contributed by atoms with Crippen molar-refractivity contribution in [1.82, 2.24) is 0 Å². The fourth-order valence-electron chi connectivity index (χ4n) is 3.45. The smallest absolute Gasteiger partial charge is 0.306 e. The molecule has 0 aromatic heterocycles. The summed E-state index contributed by atoms with van der Waals surface area (Å²) in [4.78, 5) is 11.1. The number of allylic oxidation sites excluding steroid dienone is 2. The number of fused-ring (bicyclic) bond motifs is 1. The van der Waals surface area contributed by atoms with Crippen molar-refractivity contribution in [2.45, 2.75) is 32.1 Å². The van der Waals surface area contributed by atoms with E-state index in [2.05, 4.69) is 13.2 Å². The lowest BCUT2D eigenvalue weighted by Gasteiger charge is -2.43. The van der Waals surface area contributed by atoms with E-state index in [4.69, 9.17) is 5.11 Å². The van der Waals surface area contributed by atoms with Gasteiger partial charge in [-0.05, 0) is 49.9 Å². The molecular weight excluding hydrogens is 200 g/mol. The molecule has 2 fully saturated rings. The van der Waals surface area contributed by atoms with Crippen LogP contribution in [0.3, 0.4) is 0 Å². The van der Waals surface area contributed by atoms with E-state index in [1.54, 1.807) is 0 Å². The Hall–Kier alpha value is -1.05. The summed E-state index contributed by atoms with van der Waals surface area (Å²) < 4.78 is 0. The molecule has 0 heterocycles. The van der Waals surface area contributed by atoms with Crippen molar-refractivity contribution in [1.29, 1.82) is 0 Å². The van der Waals surface area contributed by atoms with Crippen LogP contribution in [0.15, 0.2) is 24.8 Å². The maximum absolute atomic E-state index is 11.1. The predicted molar refractivity (Wildman–Crippen MR) is 64.0 cm³/mol. The Morgan fingerprint density at radius 3 is 2.75 bits per heavy atom. The molecule has 0 amide bonds. The van der Waals surface area contributed by atoms with Crippen molar-refractivity contribution in [2.24, 2.45) is 23.7 Å². The van der Waals surface area contributed by atoms with Crippen molar-refractivity contribution in [3.8, 4) is 0 Å². The predicted octanol–water partition coefficient (Wildman–Crippen LogP) is 3.26. The maximum atomic E-state index is 11.1. The average molecular weight is 220 g/mol. The van der Waals surface area contributed by atoms with Crippen molar-refractivity contribution in [3.63, 3.8) is 0 Å². The molecule has 0 bridgehead atoms. The van der Waals surface area contributed by atoms with Gasteiger partial charge in [-0.1, -0.05) is 18.2 Å². The topological polar surface area (TPSA) is 37.3 Å². The molecule has 2 aliphatic carbocycles. The Labute approximate surface area is 97.0 Å². The highest BCUT2D eigenvalue weighted by atomic mass is 16.4. The first-order valence-corrected chi connectivity index (χ1v) is 6.16. The molecule has 0 aliphatic heterocycles. The van der Waals surface area contributed by atoms with E-state index in [0.29, 0.717) is 17.8 Å². The molecule has 1 N–H and O–H groups in total. The number of carbonyl (C=O) groups is 1. The highest BCUT2D eigenvalue weighted by molar-refractivity contribution is 5.70. The first kappa shape index (κ1) is 11.4. The van der Waals surface area contributed by atoms with E-state index < -0.39 is 5.97 Å². The van der Waals surface area contributed by atoms with Crippen molar-refractivity contribution in [2.75, 3.05) is 0 Å². The van der Waals surface area contributed by atoms with E-state index in [1.165, 1.54) is 5.57 Å². The standard InChI is InChI=1S/C14H20O2/c1-3-10-5-4-9(2)12-7-6-11(14(15)16)8-13(10)12/h3,10-13H,1-2,4-8H2,(H,15,16). The van der Waals surface area contributed by atoms with Crippen molar-refractivity contribution < 1.29 is 9.90 Å². The van der Waals surface area contributed by atoms with Gasteiger partial charge in [0.25, 0.3) is 0 Å². The van der Waals surface area contributed by atoms with Gasteiger partial charge in [-0.25, -0.2) is 0 Å². The van der Waals surface area contributed by atoms with Crippen LogP contribution in [-0.4, -0.2) is 11.1 Å². The number of carboxylic acids is 1. The second-order valence-electron chi connectivity index (χ2n) is 5.22. The fourth-order valence-corrected chi connectivity index (χ4v) is 3.45. The second kappa shape index (κ2) is 4.44. The molecule has 2 nitrogen and oxygen atoms in total. The lowest BCUT2D eigenvalue weighted by Crippen LogP contribution is -2.36. The number of hydrogen-bond donors (Lipinski definition) is 1. The second-order valence-corrected chi connectivity index (χ2v) is 5.22. The number of carboxylic acid groups (broad SMARTS) is 1. The van der Waals surface area contributed by atoms with Gasteiger partial charge in [0.15, 0.2) is 0 Å². The molecule has 2 aliphatic rings. The van der Waals surface area contributed by atoms with Gasteiger partial charge < -0.3 is 5.11 Å². The first-order chi connectivity index (χ1) is 7.63. The molecule has 0 saturated heterocycles. The Morgan fingerprint density at radius 1 is 1.38 bits per heavy atom. The molecule has 0 spiro atoms. The fraction of sp³-hybridized carbons (Fsp3) is 0.643. The van der Waals surface area contributed by atoms with Gasteiger partial charge in [-0.15, -0.1) is 6.58 Å². The molecule has 16 heavy (non-hydrogen) atoms. The molecule has 2 heteroatoms. The summed E-state index contributed by atoms with van der Waals surface area (Å²) in [5.74, 6) is 0.755. The molecule has 4 unspecified atom stereocenters. The van der Waals surface area contributed by atoms with Crippen LogP contribution in [-0.2, 0) is 4.79 Å². The van der Waals surface area contributed by atoms with Crippen LogP contribution in [0.2, 0.25) is 0 Å². The van der Waals surface area contributed by atoms with Crippen LogP contribution >= 0.6 is 0 Å². The monoisotopic (exact) mass is 220 g/mol. The number of aliphatic carboxylic acids is 1. The van der Waals surface area contributed by atoms with E-state index in [-0.39, 0.29) is 5.92 Å². The van der Waals surface area contributed by atoms with Crippen LogP contribution in [0, 0.1) is 23.7 Å². The van der Waals surface area contributed by atoms with Crippen molar-refractivity contribution >= 4 is 5.97 Å². The highest BCUT2D eigenvalue weighted by Crippen LogP contribution is 2.47. The third kappa shape index (κ3) is 1.93. The van der Waals surface area contributed by atoms with Crippen LogP contribution < -0.4 is 0 Å². The molecule has 4 atom stereocenters. The van der Waals surface area contributed by atoms with Crippen LogP contribution in [0.4, 0.5) is 0 Å². The van der Waals surface area contributed by atoms with Crippen LogP contribution in [0.25, 0.3) is 0 Å². The zero-order chi connectivity index (χ0) is 11.7. The van der Waals surface area contributed by atoms with Crippen molar-refractivity contribution in [3.05, 3.63) is 24.8 Å². The average Bonchev–Trinajstić information content (AvgIpc) is 2.29. The molecule has 0 aromatic carbocycles. The van der Waals surface area contributed by atoms with E-state index >= 15 is 0 Å². The van der Waals surface area contributed by atoms with Crippen LogP contribution in [0.1, 0.15) is 32.1 Å². The van der Waals surface area contributed by atoms with Gasteiger partial charge in [0.2, 0.25) is 0 Å². The van der Waals surface area contributed by atoms with Gasteiger partial charge in [0, 0.05) is 0 Å². The summed E-state index contributed by atoms with van der Waals surface area (Å²) >= 11 is 0. The molecule has 88 valence electrons. The summed E-state index contributed by atoms with van der Waals surface area (Å²) in [6.07, 6.45) is 6.86. The zero-order valence-electron chi connectivity index (χ0n) is 9.69. The number of rotatable bonds is 2. The largest absolute Gasteiger partial charge is 0.481 e. The normalized spacial score (nSPS) is 38.9. The van der Waals surface area contributed by atoms with Gasteiger partial charge in [-0.2, -0.15) is 0 Å². The third-order valence-corrected chi connectivity index (χ3v) is 4.42. The molecule has 0 radical (unpaired) electrons. The van der Waals surface area contributed by atoms with Crippen LogP contribution in [0.5, 0.6) is 0 Å². The van der Waals surface area contributed by atoms with E-state index in [9.17, 15) is 4.79 Å². The minimum Gasteiger partial charge on any atom is -0.481 e. The SMILES string of the molecule is C=CC1CCC(=C)C2CCC(C(=O)O)CC12. The molecule has 2 rings (SSSR count). The van der Waals surface area contributed by atoms with Gasteiger partial charge in [0.1, 0.15) is 0 Å². The Kier molecular flexibility index (Phi) is 3.17. The van der Waals surface area contributed by atoms with E-state index in [0.717, 1.165) is 32.1 Å². The lowest BCUT2D eigenvalue weighted by atomic mass is 9.61. The highest BCUT2D eigenvalue weighted by Gasteiger charge is 2.40. The number of hydrogen-bond acceptors (Lipinski definition) is 1. The summed E-state index contributed by atoms with van der Waals surface area (Å²) in [5.41, 5.74) is 1.34. The lowest BCUT2D eigenvalue weighted by molar-refractivity contribution is -0.144. The van der Waals surface area contributed by atoms with Gasteiger partial charge in [0.05, 0.1) is 5.92 Å². The Bertz CT molecular complexity index is 319. The minimum absolute atomic E-state index is 0.144. The molecule has 0 aromatic rings.